The Morgan fingerprint density at radius 1 is 1.21 bits per heavy atom. The number of aryl methyl sites for hydroxylation is 1. The van der Waals surface area contributed by atoms with Crippen LogP contribution in [0.15, 0.2) is 24.3 Å². The zero-order chi connectivity index (χ0) is 14.2. The maximum absolute atomic E-state index is 12.4. The molecule has 0 aliphatic carbocycles. The van der Waals surface area contributed by atoms with E-state index < -0.39 is 6.04 Å². The molecule has 0 radical (unpaired) electrons. The molecule has 100 valence electrons. The van der Waals surface area contributed by atoms with E-state index in [-0.39, 0.29) is 5.78 Å². The molecule has 0 saturated carbocycles. The minimum Gasteiger partial charge on any atom is -0.292 e. The molecule has 0 bridgehead atoms. The van der Waals surface area contributed by atoms with Crippen LogP contribution in [0, 0.1) is 13.8 Å². The summed E-state index contributed by atoms with van der Waals surface area (Å²) in [6.45, 7) is 5.49. The van der Waals surface area contributed by atoms with Gasteiger partial charge in [0.05, 0.1) is 16.4 Å². The van der Waals surface area contributed by atoms with Crippen molar-refractivity contribution < 1.29 is 4.79 Å². The molecule has 0 aliphatic rings. The smallest absolute Gasteiger partial charge is 0.187 e. The highest BCUT2D eigenvalue weighted by Crippen LogP contribution is 2.24. The summed E-state index contributed by atoms with van der Waals surface area (Å²) < 4.78 is 1.66. The number of hydrogen-bond acceptors (Lipinski definition) is 2. The van der Waals surface area contributed by atoms with E-state index in [9.17, 15) is 4.79 Å². The highest BCUT2D eigenvalue weighted by atomic mass is 35.5. The van der Waals surface area contributed by atoms with Gasteiger partial charge in [0.25, 0.3) is 0 Å². The first-order chi connectivity index (χ1) is 8.91. The third-order valence-corrected chi connectivity index (χ3v) is 3.91. The molecule has 1 unspecified atom stereocenters. The van der Waals surface area contributed by atoms with E-state index >= 15 is 0 Å². The highest BCUT2D eigenvalue weighted by Gasteiger charge is 2.21. The Morgan fingerprint density at radius 2 is 1.79 bits per heavy atom. The van der Waals surface area contributed by atoms with Crippen molar-refractivity contribution in [1.82, 2.24) is 9.78 Å². The first kappa shape index (κ1) is 14.1. The average molecular weight is 297 g/mol. The summed E-state index contributed by atoms with van der Waals surface area (Å²) in [5, 5.41) is 5.53. The Labute approximate surface area is 122 Å². The zero-order valence-corrected chi connectivity index (χ0v) is 12.5. The summed E-state index contributed by atoms with van der Waals surface area (Å²) in [6, 6.07) is 6.45. The van der Waals surface area contributed by atoms with Gasteiger partial charge in [0, 0.05) is 10.6 Å². The quantitative estimate of drug-likeness (QED) is 0.794. The van der Waals surface area contributed by atoms with Crippen LogP contribution in [0.5, 0.6) is 0 Å². The lowest BCUT2D eigenvalue weighted by molar-refractivity contribution is 0.0926. The number of halogens is 2. The summed E-state index contributed by atoms with van der Waals surface area (Å²) in [4.78, 5) is 12.4. The molecule has 0 N–H and O–H groups in total. The Balaban J connectivity index is 2.33. The largest absolute Gasteiger partial charge is 0.292 e. The molecule has 3 nitrogen and oxygen atoms in total. The van der Waals surface area contributed by atoms with Crippen molar-refractivity contribution in [2.75, 3.05) is 0 Å². The summed E-state index contributed by atoms with van der Waals surface area (Å²) >= 11 is 11.9. The summed E-state index contributed by atoms with van der Waals surface area (Å²) in [5.41, 5.74) is 2.14. The third-order valence-electron chi connectivity index (χ3n) is 3.11. The van der Waals surface area contributed by atoms with Crippen LogP contribution in [0.3, 0.4) is 0 Å². The second-order valence-electron chi connectivity index (χ2n) is 4.48. The molecule has 1 aromatic carbocycles. The molecule has 0 amide bonds. The van der Waals surface area contributed by atoms with Gasteiger partial charge >= 0.3 is 0 Å². The van der Waals surface area contributed by atoms with Gasteiger partial charge in [0.2, 0.25) is 0 Å². The summed E-state index contributed by atoms with van der Waals surface area (Å²) in [5.74, 6) is -0.0149. The lowest BCUT2D eigenvalue weighted by Gasteiger charge is -2.13. The molecule has 1 atom stereocenters. The number of Topliss-reactive ketones (excluding diaryl/α,β-unsaturated/α-hetero) is 1. The van der Waals surface area contributed by atoms with Gasteiger partial charge in [0.15, 0.2) is 5.78 Å². The number of nitrogens with zero attached hydrogens (tertiary/aromatic N) is 2. The van der Waals surface area contributed by atoms with Crippen LogP contribution >= 0.6 is 23.2 Å². The SMILES string of the molecule is Cc1nn(C(C)C(=O)c2ccc(Cl)cc2)c(C)c1Cl. The van der Waals surface area contributed by atoms with Crippen molar-refractivity contribution in [3.63, 3.8) is 0 Å². The second kappa shape index (κ2) is 5.35. The van der Waals surface area contributed by atoms with E-state index in [0.717, 1.165) is 11.4 Å². The molecule has 1 aromatic heterocycles. The minimum absolute atomic E-state index is 0.0149. The van der Waals surface area contributed by atoms with Crippen LogP contribution in [0.2, 0.25) is 10.0 Å². The van der Waals surface area contributed by atoms with E-state index in [1.54, 1.807) is 28.9 Å². The first-order valence-electron chi connectivity index (χ1n) is 5.92. The highest BCUT2D eigenvalue weighted by molar-refractivity contribution is 6.32. The normalized spacial score (nSPS) is 12.5. The van der Waals surface area contributed by atoms with Gasteiger partial charge < -0.3 is 0 Å². The van der Waals surface area contributed by atoms with Crippen molar-refractivity contribution >= 4 is 29.0 Å². The fraction of sp³-hybridized carbons (Fsp3) is 0.286. The van der Waals surface area contributed by atoms with Crippen molar-refractivity contribution in [2.45, 2.75) is 26.8 Å². The fourth-order valence-corrected chi connectivity index (χ4v) is 2.24. The number of ketones is 1. The van der Waals surface area contributed by atoms with Gasteiger partial charge in [-0.1, -0.05) is 23.2 Å². The molecule has 2 aromatic rings. The number of carbonyl (C=O) groups is 1. The van der Waals surface area contributed by atoms with E-state index in [1.165, 1.54) is 0 Å². The third kappa shape index (κ3) is 2.67. The van der Waals surface area contributed by atoms with Crippen molar-refractivity contribution in [1.29, 1.82) is 0 Å². The van der Waals surface area contributed by atoms with Crippen molar-refractivity contribution in [2.24, 2.45) is 0 Å². The zero-order valence-electron chi connectivity index (χ0n) is 10.9. The van der Waals surface area contributed by atoms with E-state index in [1.807, 2.05) is 20.8 Å². The van der Waals surface area contributed by atoms with Crippen LogP contribution in [0.4, 0.5) is 0 Å². The monoisotopic (exact) mass is 296 g/mol. The van der Waals surface area contributed by atoms with Crippen molar-refractivity contribution in [3.05, 3.63) is 51.3 Å². The average Bonchev–Trinajstić information content (AvgIpc) is 2.66. The Morgan fingerprint density at radius 3 is 2.26 bits per heavy atom. The molecule has 0 aliphatic heterocycles. The molecule has 0 spiro atoms. The van der Waals surface area contributed by atoms with Gasteiger partial charge in [-0.3, -0.25) is 9.48 Å². The maximum Gasteiger partial charge on any atom is 0.187 e. The van der Waals surface area contributed by atoms with Gasteiger partial charge in [-0.15, -0.1) is 0 Å². The fourth-order valence-electron chi connectivity index (χ4n) is 1.99. The molecule has 2 rings (SSSR count). The number of benzene rings is 1. The molecule has 5 heteroatoms. The standard InChI is InChI=1S/C14H14Cl2N2O/c1-8-13(16)9(2)18(17-8)10(3)14(19)11-4-6-12(15)7-5-11/h4-7,10H,1-3H3. The van der Waals surface area contributed by atoms with Gasteiger partial charge in [-0.2, -0.15) is 5.10 Å². The predicted octanol–water partition coefficient (Wildman–Crippen LogP) is 4.25. The minimum atomic E-state index is -0.396. The lowest BCUT2D eigenvalue weighted by atomic mass is 10.1. The number of hydrogen-bond donors (Lipinski definition) is 0. The number of aromatic nitrogens is 2. The van der Waals surface area contributed by atoms with E-state index in [2.05, 4.69) is 5.10 Å². The van der Waals surface area contributed by atoms with Crippen LogP contribution < -0.4 is 0 Å². The van der Waals surface area contributed by atoms with Gasteiger partial charge in [-0.25, -0.2) is 0 Å². The van der Waals surface area contributed by atoms with Gasteiger partial charge in [-0.05, 0) is 45.0 Å². The molecular weight excluding hydrogens is 283 g/mol. The summed E-state index contributed by atoms with van der Waals surface area (Å²) in [7, 11) is 0. The Hall–Kier alpha value is -1.32. The molecule has 19 heavy (non-hydrogen) atoms. The maximum atomic E-state index is 12.4. The van der Waals surface area contributed by atoms with Crippen molar-refractivity contribution in [3.8, 4) is 0 Å². The molecule has 1 heterocycles. The summed E-state index contributed by atoms with van der Waals surface area (Å²) in [6.07, 6.45) is 0. The first-order valence-corrected chi connectivity index (χ1v) is 6.68. The number of rotatable bonds is 3. The van der Waals surface area contributed by atoms with Gasteiger partial charge in [0.1, 0.15) is 6.04 Å². The molecule has 0 saturated heterocycles. The molecular formula is C14H14Cl2N2O. The van der Waals surface area contributed by atoms with Crippen LogP contribution in [0.25, 0.3) is 0 Å². The Kier molecular flexibility index (Phi) is 3.97. The second-order valence-corrected chi connectivity index (χ2v) is 5.29. The van der Waals surface area contributed by atoms with E-state index in [4.69, 9.17) is 23.2 Å². The topological polar surface area (TPSA) is 34.9 Å². The Bertz CT molecular complexity index is 617. The lowest BCUT2D eigenvalue weighted by Crippen LogP contribution is -2.19. The predicted molar refractivity (Wildman–Crippen MR) is 77.2 cm³/mol. The van der Waals surface area contributed by atoms with E-state index in [0.29, 0.717) is 15.6 Å². The van der Waals surface area contributed by atoms with Crippen LogP contribution in [-0.4, -0.2) is 15.6 Å². The number of carbonyl (C=O) groups excluding carboxylic acids is 1. The van der Waals surface area contributed by atoms with Crippen LogP contribution in [0.1, 0.15) is 34.7 Å². The van der Waals surface area contributed by atoms with Crippen LogP contribution in [-0.2, 0) is 0 Å². The molecule has 0 fully saturated rings.